The molecule has 0 aliphatic carbocycles. The lowest BCUT2D eigenvalue weighted by Crippen LogP contribution is -2.35. The van der Waals surface area contributed by atoms with Crippen LogP contribution in [0.15, 0.2) is 18.2 Å². The van der Waals surface area contributed by atoms with Gasteiger partial charge in [-0.3, -0.25) is 0 Å². The molecule has 0 aromatic heterocycles. The molecule has 0 radical (unpaired) electrons. The second-order valence-electron chi connectivity index (χ2n) is 4.75. The highest BCUT2D eigenvalue weighted by atomic mass is 15.2. The number of aryl methyl sites for hydroxylation is 1. The Morgan fingerprint density at radius 1 is 1.38 bits per heavy atom. The number of nitrogens with zero attached hydrogens (tertiary/aromatic N) is 2. The summed E-state index contributed by atoms with van der Waals surface area (Å²) in [6, 6.07) is 6.27. The SMILES string of the molecule is CN(C)CCN1CCCc2cccc(N)c21. The molecule has 0 unspecified atom stereocenters. The van der Waals surface area contributed by atoms with Crippen LogP contribution in [0.1, 0.15) is 12.0 Å². The van der Waals surface area contributed by atoms with Gasteiger partial charge >= 0.3 is 0 Å². The molecule has 1 aromatic carbocycles. The smallest absolute Gasteiger partial charge is 0.0632 e. The van der Waals surface area contributed by atoms with Crippen LogP contribution in [0.2, 0.25) is 0 Å². The van der Waals surface area contributed by atoms with Gasteiger partial charge in [-0.25, -0.2) is 0 Å². The van der Waals surface area contributed by atoms with Crippen LogP contribution in [0.25, 0.3) is 0 Å². The van der Waals surface area contributed by atoms with E-state index in [-0.39, 0.29) is 0 Å². The van der Waals surface area contributed by atoms with Gasteiger partial charge in [-0.05, 0) is 38.6 Å². The van der Waals surface area contributed by atoms with E-state index in [1.54, 1.807) is 0 Å². The molecular formula is C13H21N3. The maximum atomic E-state index is 6.08. The summed E-state index contributed by atoms with van der Waals surface area (Å²) in [5, 5.41) is 0. The lowest BCUT2D eigenvalue weighted by molar-refractivity contribution is 0.411. The highest BCUT2D eigenvalue weighted by Gasteiger charge is 2.18. The number of rotatable bonds is 3. The predicted octanol–water partition coefficient (Wildman–Crippen LogP) is 1.58. The monoisotopic (exact) mass is 219 g/mol. The topological polar surface area (TPSA) is 32.5 Å². The van der Waals surface area contributed by atoms with Crippen molar-refractivity contribution in [3.8, 4) is 0 Å². The van der Waals surface area contributed by atoms with E-state index in [0.29, 0.717) is 0 Å². The lowest BCUT2D eigenvalue weighted by atomic mass is 10.0. The van der Waals surface area contributed by atoms with E-state index in [0.717, 1.165) is 25.3 Å². The standard InChI is InChI=1S/C13H21N3/c1-15(2)9-10-16-8-4-6-11-5-3-7-12(14)13(11)16/h3,5,7H,4,6,8-10,14H2,1-2H3. The number of anilines is 2. The number of nitrogens with two attached hydrogens (primary N) is 1. The maximum absolute atomic E-state index is 6.08. The fourth-order valence-electron chi connectivity index (χ4n) is 2.32. The molecule has 1 aromatic rings. The third kappa shape index (κ3) is 2.30. The molecule has 3 heteroatoms. The predicted molar refractivity (Wildman–Crippen MR) is 69.9 cm³/mol. The fraction of sp³-hybridized carbons (Fsp3) is 0.538. The van der Waals surface area contributed by atoms with E-state index in [1.165, 1.54) is 24.1 Å². The van der Waals surface area contributed by atoms with Crippen molar-refractivity contribution >= 4 is 11.4 Å². The zero-order valence-corrected chi connectivity index (χ0v) is 10.2. The number of fused-ring (bicyclic) bond motifs is 1. The number of benzene rings is 1. The molecule has 0 spiro atoms. The molecule has 16 heavy (non-hydrogen) atoms. The second kappa shape index (κ2) is 4.74. The normalized spacial score (nSPS) is 15.3. The van der Waals surface area contributed by atoms with Gasteiger partial charge in [0.25, 0.3) is 0 Å². The second-order valence-corrected chi connectivity index (χ2v) is 4.75. The molecule has 0 atom stereocenters. The van der Waals surface area contributed by atoms with Gasteiger partial charge in [0.15, 0.2) is 0 Å². The Kier molecular flexibility index (Phi) is 3.34. The number of nitrogen functional groups attached to an aromatic ring is 1. The Morgan fingerprint density at radius 3 is 2.94 bits per heavy atom. The number of hydrogen-bond donors (Lipinski definition) is 1. The summed E-state index contributed by atoms with van der Waals surface area (Å²) in [5.74, 6) is 0. The Labute approximate surface area is 97.8 Å². The van der Waals surface area contributed by atoms with Crippen LogP contribution >= 0.6 is 0 Å². The van der Waals surface area contributed by atoms with Crippen LogP contribution in [0, 0.1) is 0 Å². The Hall–Kier alpha value is -1.22. The van der Waals surface area contributed by atoms with Crippen LogP contribution in [-0.4, -0.2) is 38.6 Å². The molecule has 1 aliphatic heterocycles. The zero-order valence-electron chi connectivity index (χ0n) is 10.2. The summed E-state index contributed by atoms with van der Waals surface area (Å²) in [6.07, 6.45) is 2.41. The fourth-order valence-corrected chi connectivity index (χ4v) is 2.32. The summed E-state index contributed by atoms with van der Waals surface area (Å²) >= 11 is 0. The third-order valence-electron chi connectivity index (χ3n) is 3.16. The first kappa shape index (κ1) is 11.3. The van der Waals surface area contributed by atoms with E-state index >= 15 is 0 Å². The van der Waals surface area contributed by atoms with Gasteiger partial charge < -0.3 is 15.5 Å². The molecule has 0 fully saturated rings. The zero-order chi connectivity index (χ0) is 11.5. The molecule has 88 valence electrons. The van der Waals surface area contributed by atoms with Gasteiger partial charge in [-0.2, -0.15) is 0 Å². The highest BCUT2D eigenvalue weighted by molar-refractivity contribution is 5.72. The van der Waals surface area contributed by atoms with Gasteiger partial charge in [-0.1, -0.05) is 12.1 Å². The van der Waals surface area contributed by atoms with Gasteiger partial charge in [-0.15, -0.1) is 0 Å². The Morgan fingerprint density at radius 2 is 2.19 bits per heavy atom. The quantitative estimate of drug-likeness (QED) is 0.783. The molecule has 1 aliphatic rings. The van der Waals surface area contributed by atoms with Crippen LogP contribution in [-0.2, 0) is 6.42 Å². The molecule has 0 saturated heterocycles. The summed E-state index contributed by atoms with van der Waals surface area (Å²) in [5.41, 5.74) is 9.69. The average Bonchev–Trinajstić information content (AvgIpc) is 2.26. The largest absolute Gasteiger partial charge is 0.397 e. The minimum atomic E-state index is 0.927. The summed E-state index contributed by atoms with van der Waals surface area (Å²) in [7, 11) is 4.22. The molecule has 1 heterocycles. The number of hydrogen-bond acceptors (Lipinski definition) is 3. The van der Waals surface area contributed by atoms with Crippen molar-refractivity contribution in [2.75, 3.05) is 44.4 Å². The average molecular weight is 219 g/mol. The highest BCUT2D eigenvalue weighted by Crippen LogP contribution is 2.32. The summed E-state index contributed by atoms with van der Waals surface area (Å²) in [6.45, 7) is 3.27. The van der Waals surface area contributed by atoms with Crippen molar-refractivity contribution in [3.05, 3.63) is 23.8 Å². The van der Waals surface area contributed by atoms with Gasteiger partial charge in [0.2, 0.25) is 0 Å². The van der Waals surface area contributed by atoms with Gasteiger partial charge in [0, 0.05) is 19.6 Å². The molecular weight excluding hydrogens is 198 g/mol. The van der Waals surface area contributed by atoms with Crippen LogP contribution < -0.4 is 10.6 Å². The van der Waals surface area contributed by atoms with Gasteiger partial charge in [0.05, 0.1) is 11.4 Å². The van der Waals surface area contributed by atoms with Crippen LogP contribution in [0.5, 0.6) is 0 Å². The first-order chi connectivity index (χ1) is 7.68. The van der Waals surface area contributed by atoms with Crippen molar-refractivity contribution < 1.29 is 0 Å². The van der Waals surface area contributed by atoms with Gasteiger partial charge in [0.1, 0.15) is 0 Å². The Bertz CT molecular complexity index is 360. The minimum Gasteiger partial charge on any atom is -0.397 e. The number of likely N-dealkylation sites (N-methyl/N-ethyl adjacent to an activating group) is 1. The summed E-state index contributed by atoms with van der Waals surface area (Å²) in [4.78, 5) is 4.64. The van der Waals surface area contributed by atoms with Crippen molar-refractivity contribution in [1.29, 1.82) is 0 Å². The maximum Gasteiger partial charge on any atom is 0.0632 e. The Balaban J connectivity index is 2.18. The summed E-state index contributed by atoms with van der Waals surface area (Å²) < 4.78 is 0. The molecule has 0 saturated carbocycles. The van der Waals surface area contributed by atoms with E-state index in [9.17, 15) is 0 Å². The lowest BCUT2D eigenvalue weighted by Gasteiger charge is -2.33. The van der Waals surface area contributed by atoms with E-state index in [4.69, 9.17) is 5.73 Å². The van der Waals surface area contributed by atoms with Crippen molar-refractivity contribution in [2.24, 2.45) is 0 Å². The molecule has 0 bridgehead atoms. The van der Waals surface area contributed by atoms with Crippen molar-refractivity contribution in [3.63, 3.8) is 0 Å². The van der Waals surface area contributed by atoms with E-state index in [1.807, 2.05) is 6.07 Å². The van der Waals surface area contributed by atoms with Crippen LogP contribution in [0.4, 0.5) is 11.4 Å². The molecule has 3 nitrogen and oxygen atoms in total. The van der Waals surface area contributed by atoms with Crippen molar-refractivity contribution in [2.45, 2.75) is 12.8 Å². The minimum absolute atomic E-state index is 0.927. The first-order valence-corrected chi connectivity index (χ1v) is 5.95. The molecule has 2 N–H and O–H groups in total. The van der Waals surface area contributed by atoms with Crippen molar-refractivity contribution in [1.82, 2.24) is 4.90 Å². The first-order valence-electron chi connectivity index (χ1n) is 5.95. The third-order valence-corrected chi connectivity index (χ3v) is 3.16. The molecule has 0 amide bonds. The molecule has 2 rings (SSSR count). The van der Waals surface area contributed by atoms with Crippen LogP contribution in [0.3, 0.4) is 0 Å². The van der Waals surface area contributed by atoms with E-state index in [2.05, 4.69) is 36.0 Å². The number of para-hydroxylation sites is 1. The van der Waals surface area contributed by atoms with E-state index < -0.39 is 0 Å².